The molecule has 0 atom stereocenters. The van der Waals surface area contributed by atoms with Crippen LogP contribution < -0.4 is 21.4 Å². The largest absolute Gasteiger partial charge is 0.350 e. The Morgan fingerprint density at radius 2 is 1.52 bits per heavy atom. The second-order valence-corrected chi connectivity index (χ2v) is 4.41. The van der Waals surface area contributed by atoms with Crippen LogP contribution in [0, 0.1) is 0 Å². The summed E-state index contributed by atoms with van der Waals surface area (Å²) in [6.07, 6.45) is 7.83. The highest BCUT2D eigenvalue weighted by molar-refractivity contribution is 5.80. The van der Waals surface area contributed by atoms with Crippen LogP contribution in [-0.2, 0) is 0 Å². The molecule has 2 N–H and O–H groups in total. The molecule has 2 heterocycles. The van der Waals surface area contributed by atoms with Crippen molar-refractivity contribution in [3.8, 4) is 0 Å². The fourth-order valence-corrected chi connectivity index (χ4v) is 2.26. The Morgan fingerprint density at radius 3 is 2.00 bits per heavy atom. The van der Waals surface area contributed by atoms with Crippen molar-refractivity contribution in [2.75, 3.05) is 0 Å². The zero-order valence-corrected chi connectivity index (χ0v) is 13.8. The summed E-state index contributed by atoms with van der Waals surface area (Å²) in [5.74, 6) is 0. The van der Waals surface area contributed by atoms with Crippen LogP contribution in [0.3, 0.4) is 0 Å². The van der Waals surface area contributed by atoms with Gasteiger partial charge in [0, 0.05) is 21.8 Å². The van der Waals surface area contributed by atoms with E-state index in [4.69, 9.17) is 0 Å². The van der Waals surface area contributed by atoms with Crippen molar-refractivity contribution in [1.29, 1.82) is 0 Å². The van der Waals surface area contributed by atoms with Crippen molar-refractivity contribution in [1.82, 2.24) is 9.97 Å². The molecule has 2 rings (SSSR count). The molecule has 0 bridgehead atoms. The number of hydrogen-bond acceptors (Lipinski definition) is 2. The molecular weight excluding hydrogens is 288 g/mol. The van der Waals surface area contributed by atoms with Gasteiger partial charge in [0.1, 0.15) is 11.0 Å². The van der Waals surface area contributed by atoms with E-state index >= 15 is 0 Å². The van der Waals surface area contributed by atoms with Gasteiger partial charge in [0.25, 0.3) is 0 Å². The molecule has 0 aliphatic rings. The predicted molar refractivity (Wildman–Crippen MR) is 101 cm³/mol. The molecule has 0 saturated carbocycles. The van der Waals surface area contributed by atoms with Gasteiger partial charge < -0.3 is 9.97 Å². The molecule has 0 unspecified atom stereocenters. The maximum Gasteiger partial charge on any atom is 0.213 e. The minimum Gasteiger partial charge on any atom is -0.350 e. The van der Waals surface area contributed by atoms with Crippen LogP contribution in [0.1, 0.15) is 32.0 Å². The van der Waals surface area contributed by atoms with Crippen LogP contribution in [0.15, 0.2) is 35.4 Å². The van der Waals surface area contributed by atoms with E-state index in [1.807, 2.05) is 13.8 Å². The molecule has 4 heteroatoms. The lowest BCUT2D eigenvalue weighted by molar-refractivity contribution is 1.20. The minimum absolute atomic E-state index is 0.221. The van der Waals surface area contributed by atoms with Crippen molar-refractivity contribution in [2.45, 2.75) is 20.8 Å². The van der Waals surface area contributed by atoms with Crippen molar-refractivity contribution < 1.29 is 0 Å². The standard InChI is InChI=1S/C17H16N2O2.C2H6/c1-5-9-11-13(8-4)19-14-15(17(11)21)18-12(7-3)10(6-2)16(14)20;1-2/h5-9,19H,1-3H2,4H3,(H,18,20);1-2H3/b11-9+,13-8+;. The summed E-state index contributed by atoms with van der Waals surface area (Å²) in [6, 6.07) is 0. The van der Waals surface area contributed by atoms with Crippen LogP contribution in [0.2, 0.25) is 0 Å². The van der Waals surface area contributed by atoms with E-state index in [1.54, 1.807) is 19.1 Å². The Morgan fingerprint density at radius 1 is 0.913 bits per heavy atom. The molecular formula is C19H22N2O2. The first-order valence-electron chi connectivity index (χ1n) is 7.45. The Labute approximate surface area is 134 Å². The van der Waals surface area contributed by atoms with Crippen LogP contribution in [0.4, 0.5) is 0 Å². The number of allylic oxidation sites excluding steroid dienone is 1. The number of aromatic nitrogens is 2. The molecule has 0 radical (unpaired) electrons. The number of pyridine rings is 2. The van der Waals surface area contributed by atoms with E-state index in [2.05, 4.69) is 29.7 Å². The zero-order chi connectivity index (χ0) is 17.6. The number of aromatic amines is 2. The van der Waals surface area contributed by atoms with E-state index in [1.165, 1.54) is 18.2 Å². The molecule has 120 valence electrons. The Bertz CT molecular complexity index is 989. The summed E-state index contributed by atoms with van der Waals surface area (Å²) >= 11 is 0. The molecule has 0 aromatic carbocycles. The van der Waals surface area contributed by atoms with Crippen molar-refractivity contribution in [3.63, 3.8) is 0 Å². The van der Waals surface area contributed by atoms with Crippen LogP contribution in [0.5, 0.6) is 0 Å². The summed E-state index contributed by atoms with van der Waals surface area (Å²) in [5, 5.41) is 1.04. The summed E-state index contributed by atoms with van der Waals surface area (Å²) < 4.78 is 0. The van der Waals surface area contributed by atoms with Crippen molar-refractivity contribution >= 4 is 35.3 Å². The molecule has 0 amide bonds. The molecule has 2 aromatic heterocycles. The monoisotopic (exact) mass is 310 g/mol. The van der Waals surface area contributed by atoms with Gasteiger partial charge in [0.15, 0.2) is 0 Å². The summed E-state index contributed by atoms with van der Waals surface area (Å²) in [5.41, 5.74) is 0.780. The zero-order valence-electron chi connectivity index (χ0n) is 13.8. The molecule has 0 aliphatic heterocycles. The highest BCUT2D eigenvalue weighted by Crippen LogP contribution is 2.07. The van der Waals surface area contributed by atoms with Crippen molar-refractivity contribution in [3.05, 3.63) is 68.1 Å². The third-order valence-electron chi connectivity index (χ3n) is 3.27. The fourth-order valence-electron chi connectivity index (χ4n) is 2.26. The van der Waals surface area contributed by atoms with E-state index in [0.717, 1.165) is 0 Å². The van der Waals surface area contributed by atoms with E-state index < -0.39 is 0 Å². The third-order valence-corrected chi connectivity index (χ3v) is 3.27. The van der Waals surface area contributed by atoms with E-state index in [9.17, 15) is 9.59 Å². The van der Waals surface area contributed by atoms with Gasteiger partial charge in [0.05, 0.1) is 0 Å². The predicted octanol–water partition coefficient (Wildman–Crippen LogP) is 2.30. The van der Waals surface area contributed by atoms with Crippen LogP contribution in [-0.4, -0.2) is 9.97 Å². The van der Waals surface area contributed by atoms with Crippen molar-refractivity contribution in [2.24, 2.45) is 0 Å². The number of fused-ring (bicyclic) bond motifs is 1. The highest BCUT2D eigenvalue weighted by Gasteiger charge is 2.11. The van der Waals surface area contributed by atoms with E-state index in [-0.39, 0.29) is 21.9 Å². The van der Waals surface area contributed by atoms with Gasteiger partial charge in [0.2, 0.25) is 10.9 Å². The topological polar surface area (TPSA) is 65.7 Å². The Hall–Kier alpha value is -2.88. The Kier molecular flexibility index (Phi) is 6.27. The molecule has 0 spiro atoms. The quantitative estimate of drug-likeness (QED) is 0.913. The van der Waals surface area contributed by atoms with Gasteiger partial charge in [-0.1, -0.05) is 51.8 Å². The summed E-state index contributed by atoms with van der Waals surface area (Å²) in [4.78, 5) is 31.0. The first-order valence-corrected chi connectivity index (χ1v) is 7.45. The Balaban J connectivity index is 0.00000127. The normalized spacial score (nSPS) is 11.8. The summed E-state index contributed by atoms with van der Waals surface area (Å²) in [7, 11) is 0. The SMILES string of the molecule is C=C/C=c1/c(=O)c2[nH]c(C=C)c(C=C)c(=O)c2[nH]/c1=C/C.CC. The van der Waals surface area contributed by atoms with E-state index in [0.29, 0.717) is 21.8 Å². The average molecular weight is 310 g/mol. The number of nitrogens with one attached hydrogen (secondary N) is 2. The second kappa shape index (κ2) is 7.94. The molecule has 2 aromatic rings. The van der Waals surface area contributed by atoms with Crippen LogP contribution in [0.25, 0.3) is 35.3 Å². The summed E-state index contributed by atoms with van der Waals surface area (Å²) in [6.45, 7) is 16.7. The average Bonchev–Trinajstić information content (AvgIpc) is 2.59. The molecule has 0 saturated heterocycles. The molecule has 23 heavy (non-hydrogen) atoms. The maximum absolute atomic E-state index is 12.6. The smallest absolute Gasteiger partial charge is 0.213 e. The molecule has 4 nitrogen and oxygen atoms in total. The minimum atomic E-state index is -0.279. The van der Waals surface area contributed by atoms with Gasteiger partial charge in [-0.2, -0.15) is 0 Å². The van der Waals surface area contributed by atoms with Gasteiger partial charge in [-0.3, -0.25) is 9.59 Å². The van der Waals surface area contributed by atoms with Crippen LogP contribution >= 0.6 is 0 Å². The number of H-pyrrole nitrogens is 2. The fraction of sp³-hybridized carbons (Fsp3) is 0.158. The lowest BCUT2D eigenvalue weighted by Crippen LogP contribution is -2.42. The lowest BCUT2D eigenvalue weighted by atomic mass is 10.1. The van der Waals surface area contributed by atoms with Gasteiger partial charge in [-0.05, 0) is 19.1 Å². The maximum atomic E-state index is 12.6. The number of rotatable bonds is 3. The van der Waals surface area contributed by atoms with Gasteiger partial charge in [-0.25, -0.2) is 0 Å². The molecule has 0 aliphatic carbocycles. The second-order valence-electron chi connectivity index (χ2n) is 4.41. The highest BCUT2D eigenvalue weighted by atomic mass is 16.1. The first kappa shape index (κ1) is 18.2. The molecule has 0 fully saturated rings. The lowest BCUT2D eigenvalue weighted by Gasteiger charge is -2.05. The number of hydrogen-bond donors (Lipinski definition) is 2. The van der Waals surface area contributed by atoms with Gasteiger partial charge >= 0.3 is 0 Å². The third kappa shape index (κ3) is 3.16. The van der Waals surface area contributed by atoms with Gasteiger partial charge in [-0.15, -0.1) is 0 Å². The first-order chi connectivity index (χ1) is 11.1.